The summed E-state index contributed by atoms with van der Waals surface area (Å²) in [6.07, 6.45) is 0. The van der Waals surface area contributed by atoms with Crippen LogP contribution in [-0.4, -0.2) is 111 Å². The Morgan fingerprint density at radius 1 is 0.500 bits per heavy atom. The summed E-state index contributed by atoms with van der Waals surface area (Å²) in [5.41, 5.74) is 26.8. The van der Waals surface area contributed by atoms with Crippen LogP contribution in [0.15, 0.2) is 0 Å². The maximum atomic E-state index is 10.6. The van der Waals surface area contributed by atoms with E-state index in [4.69, 9.17) is 36.7 Å². The van der Waals surface area contributed by atoms with E-state index in [2.05, 4.69) is 34.4 Å². The molecule has 0 spiro atoms. The summed E-state index contributed by atoms with van der Waals surface area (Å²) in [5, 5.41) is 52.6. The number of hydrogen-bond donors (Lipinski definition) is 13. The van der Waals surface area contributed by atoms with Crippen molar-refractivity contribution < 1.29 is 39.6 Å². The lowest BCUT2D eigenvalue weighted by atomic mass is 10.4. The lowest BCUT2D eigenvalue weighted by molar-refractivity contribution is -0.145. The van der Waals surface area contributed by atoms with Gasteiger partial charge in [-0.3, -0.25) is 45.2 Å². The van der Waals surface area contributed by atoms with Gasteiger partial charge in [-0.05, 0) is 0 Å². The van der Waals surface area contributed by atoms with E-state index < -0.39 is 50.1 Å². The second kappa shape index (κ2) is 21.3. The number of carboxylic acid groups (broad SMARTS) is 4. The molecule has 0 aromatic rings. The smallest absolute Gasteiger partial charge is 0.317 e. The molecule has 0 aliphatic rings. The van der Waals surface area contributed by atoms with E-state index >= 15 is 0 Å². The molecular weight excluding hydrogens is 438 g/mol. The van der Waals surface area contributed by atoms with Crippen LogP contribution in [-0.2, 0) is 19.2 Å². The number of carboxylic acids is 4. The van der Waals surface area contributed by atoms with Crippen LogP contribution >= 0.6 is 0 Å². The van der Waals surface area contributed by atoms with Gasteiger partial charge in [-0.25, -0.2) is 0 Å². The molecule has 186 valence electrons. The Morgan fingerprint density at radius 3 is 0.719 bits per heavy atom. The topological polar surface area (TPSA) is 383 Å². The van der Waals surface area contributed by atoms with Gasteiger partial charge in [-0.15, -0.1) is 0 Å². The number of hydrogen-bond acceptors (Lipinski definition) is 9. The van der Waals surface area contributed by atoms with Crippen molar-refractivity contribution in [3.8, 4) is 0 Å². The number of carbonyl (C=O) groups is 4. The van der Waals surface area contributed by atoms with Crippen LogP contribution in [0.3, 0.4) is 0 Å². The first-order valence-electron chi connectivity index (χ1n) is 8.00. The Hall–Kier alpha value is -4.39. The average Bonchev–Trinajstić information content (AvgIpc) is 2.48. The molecule has 0 aromatic carbocycles. The van der Waals surface area contributed by atoms with Crippen LogP contribution in [0.4, 0.5) is 0 Å². The zero-order chi connectivity index (χ0) is 26.4. The molecule has 0 amide bonds. The Kier molecular flexibility index (Phi) is 23.4. The molecule has 0 aliphatic carbocycles. The standard InChI is InChI=1S/C10H16N2O8.3CH5N3/c13-7(14)3-11(4-8(15)16)1-2-12(5-9(17)18)6-10(19)20;3*2-1(3)4/h1-6H2,(H,13,14)(H,15,16)(H,17,18)(H,19,20);3*(H5,2,3,4). The van der Waals surface area contributed by atoms with Crippen molar-refractivity contribution >= 4 is 41.8 Å². The van der Waals surface area contributed by atoms with Crippen LogP contribution in [0.5, 0.6) is 0 Å². The monoisotopic (exact) mass is 469 g/mol. The lowest BCUT2D eigenvalue weighted by Gasteiger charge is -2.23. The van der Waals surface area contributed by atoms with Crippen molar-refractivity contribution in [3.63, 3.8) is 0 Å². The van der Waals surface area contributed by atoms with Gasteiger partial charge in [0, 0.05) is 13.1 Å². The van der Waals surface area contributed by atoms with Crippen LogP contribution < -0.4 is 34.4 Å². The molecule has 0 atom stereocenters. The summed E-state index contributed by atoms with van der Waals surface area (Å²) in [4.78, 5) is 44.4. The van der Waals surface area contributed by atoms with Crippen LogP contribution in [0.2, 0.25) is 0 Å². The molecule has 0 saturated carbocycles. The molecule has 0 radical (unpaired) electrons. The van der Waals surface area contributed by atoms with Gasteiger partial charge in [0.15, 0.2) is 17.9 Å². The van der Waals surface area contributed by atoms with Gasteiger partial charge in [0.2, 0.25) is 0 Å². The van der Waals surface area contributed by atoms with Crippen LogP contribution in [0.25, 0.3) is 0 Å². The van der Waals surface area contributed by atoms with E-state index in [1.54, 1.807) is 0 Å². The number of nitrogens with two attached hydrogens (primary N) is 6. The molecule has 0 rings (SSSR count). The van der Waals surface area contributed by atoms with Gasteiger partial charge in [0.1, 0.15) is 0 Å². The third-order valence-corrected chi connectivity index (χ3v) is 2.17. The van der Waals surface area contributed by atoms with Crippen molar-refractivity contribution in [2.75, 3.05) is 39.3 Å². The molecule has 0 bridgehead atoms. The molecule has 0 heterocycles. The van der Waals surface area contributed by atoms with Crippen molar-refractivity contribution in [2.24, 2.45) is 34.4 Å². The summed E-state index contributed by atoms with van der Waals surface area (Å²) in [7, 11) is 0. The normalized spacial score (nSPS) is 8.94. The van der Waals surface area contributed by atoms with Crippen molar-refractivity contribution in [1.29, 1.82) is 16.2 Å². The minimum Gasteiger partial charge on any atom is -0.480 e. The average molecular weight is 469 g/mol. The predicted octanol–water partition coefficient (Wildman–Crippen LogP) is -5.56. The van der Waals surface area contributed by atoms with E-state index in [1.165, 1.54) is 0 Å². The van der Waals surface area contributed by atoms with Crippen LogP contribution in [0.1, 0.15) is 0 Å². The van der Waals surface area contributed by atoms with Gasteiger partial charge in [0.25, 0.3) is 0 Å². The summed E-state index contributed by atoms with van der Waals surface area (Å²) >= 11 is 0. The van der Waals surface area contributed by atoms with E-state index in [0.717, 1.165) is 9.80 Å². The summed E-state index contributed by atoms with van der Waals surface area (Å²) in [6.45, 7) is -2.25. The molecule has 0 aromatic heterocycles. The maximum absolute atomic E-state index is 10.6. The van der Waals surface area contributed by atoms with Gasteiger partial charge in [-0.1, -0.05) is 0 Å². The number of guanidine groups is 3. The Labute approximate surface area is 182 Å². The third-order valence-electron chi connectivity index (χ3n) is 2.17. The first kappa shape index (κ1) is 35.1. The molecule has 0 saturated heterocycles. The number of rotatable bonds is 11. The molecular formula is C13H31N11O8. The fourth-order valence-corrected chi connectivity index (χ4v) is 1.48. The lowest BCUT2D eigenvalue weighted by Crippen LogP contribution is -2.43. The Morgan fingerprint density at radius 2 is 0.625 bits per heavy atom. The summed E-state index contributed by atoms with van der Waals surface area (Å²) < 4.78 is 0. The number of nitrogens with zero attached hydrogens (tertiary/aromatic N) is 2. The first-order valence-corrected chi connectivity index (χ1v) is 8.00. The molecule has 32 heavy (non-hydrogen) atoms. The second-order valence-electron chi connectivity index (χ2n) is 5.36. The first-order chi connectivity index (χ1) is 14.4. The molecule has 0 unspecified atom stereocenters. The van der Waals surface area contributed by atoms with E-state index in [0.29, 0.717) is 0 Å². The fraction of sp³-hybridized carbons (Fsp3) is 0.462. The Bertz CT molecular complexity index is 535. The highest BCUT2D eigenvalue weighted by atomic mass is 16.4. The van der Waals surface area contributed by atoms with Crippen molar-refractivity contribution in [2.45, 2.75) is 0 Å². The quantitative estimate of drug-likeness (QED) is 0.0989. The molecule has 0 fully saturated rings. The third kappa shape index (κ3) is 56.2. The van der Waals surface area contributed by atoms with E-state index in [-0.39, 0.29) is 31.0 Å². The van der Waals surface area contributed by atoms with Gasteiger partial charge >= 0.3 is 23.9 Å². The molecule has 19 N–H and O–H groups in total. The Balaban J connectivity index is -0.000000267. The molecule has 0 aliphatic heterocycles. The summed E-state index contributed by atoms with van der Waals surface area (Å²) in [6, 6.07) is 0. The maximum Gasteiger partial charge on any atom is 0.317 e. The minimum absolute atomic E-state index is 0.0703. The van der Waals surface area contributed by atoms with Gasteiger partial charge in [0.05, 0.1) is 26.2 Å². The molecule has 19 heteroatoms. The summed E-state index contributed by atoms with van der Waals surface area (Å²) in [5.74, 6) is -5.91. The number of nitrogens with one attached hydrogen (secondary N) is 3. The molecule has 19 nitrogen and oxygen atoms in total. The van der Waals surface area contributed by atoms with Crippen molar-refractivity contribution in [3.05, 3.63) is 0 Å². The zero-order valence-electron chi connectivity index (χ0n) is 17.0. The zero-order valence-corrected chi connectivity index (χ0v) is 17.0. The highest BCUT2D eigenvalue weighted by Crippen LogP contribution is 1.94. The largest absolute Gasteiger partial charge is 0.480 e. The van der Waals surface area contributed by atoms with E-state index in [9.17, 15) is 19.2 Å². The van der Waals surface area contributed by atoms with Crippen molar-refractivity contribution in [1.82, 2.24) is 9.80 Å². The highest BCUT2D eigenvalue weighted by molar-refractivity contribution is 5.73. The van der Waals surface area contributed by atoms with Gasteiger partial charge < -0.3 is 54.8 Å². The fourth-order valence-electron chi connectivity index (χ4n) is 1.48. The SMILES string of the molecule is N=C(N)N.N=C(N)N.N=C(N)N.O=C(O)CN(CCN(CC(=O)O)CC(=O)O)CC(=O)O. The number of aliphatic carboxylic acids is 4. The van der Waals surface area contributed by atoms with Crippen LogP contribution in [0, 0.1) is 16.2 Å². The van der Waals surface area contributed by atoms with Gasteiger partial charge in [-0.2, -0.15) is 0 Å². The minimum atomic E-state index is -1.23. The highest BCUT2D eigenvalue weighted by Gasteiger charge is 2.17. The van der Waals surface area contributed by atoms with E-state index in [1.807, 2.05) is 0 Å². The predicted molar refractivity (Wildman–Crippen MR) is 112 cm³/mol. The second-order valence-corrected chi connectivity index (χ2v) is 5.36.